The van der Waals surface area contributed by atoms with E-state index >= 15 is 0 Å². The molecule has 0 saturated heterocycles. The zero-order chi connectivity index (χ0) is 14.1. The Morgan fingerprint density at radius 2 is 1.80 bits per heavy atom. The summed E-state index contributed by atoms with van der Waals surface area (Å²) in [5, 5.41) is 0. The van der Waals surface area contributed by atoms with Crippen LogP contribution in [0.1, 0.15) is 41.1 Å². The van der Waals surface area contributed by atoms with Crippen LogP contribution in [0.3, 0.4) is 0 Å². The molecule has 0 unspecified atom stereocenters. The van der Waals surface area contributed by atoms with E-state index in [0.29, 0.717) is 9.75 Å². The Hall–Kier alpha value is -1.66. The van der Waals surface area contributed by atoms with Crippen LogP contribution >= 0.6 is 22.7 Å². The van der Waals surface area contributed by atoms with Gasteiger partial charge in [-0.25, -0.2) is 0 Å². The molecule has 2 heterocycles. The van der Waals surface area contributed by atoms with Crippen LogP contribution in [0.2, 0.25) is 0 Å². The van der Waals surface area contributed by atoms with Crippen molar-refractivity contribution in [3.05, 3.63) is 43.3 Å². The number of nitrogens with one attached hydrogen (secondary N) is 2. The third-order valence-electron chi connectivity index (χ3n) is 3.22. The minimum absolute atomic E-state index is 0.244. The van der Waals surface area contributed by atoms with Gasteiger partial charge in [0.15, 0.2) is 0 Å². The summed E-state index contributed by atoms with van der Waals surface area (Å²) in [6.07, 6.45) is 3.30. The van der Waals surface area contributed by atoms with Crippen LogP contribution < -0.4 is 10.9 Å². The van der Waals surface area contributed by atoms with E-state index in [2.05, 4.69) is 10.9 Å². The van der Waals surface area contributed by atoms with Crippen molar-refractivity contribution in [2.24, 2.45) is 0 Å². The summed E-state index contributed by atoms with van der Waals surface area (Å²) < 4.78 is 0. The van der Waals surface area contributed by atoms with Crippen LogP contribution in [0.4, 0.5) is 0 Å². The quantitative estimate of drug-likeness (QED) is 0.838. The normalized spacial score (nSPS) is 13.1. The zero-order valence-electron chi connectivity index (χ0n) is 11.0. The van der Waals surface area contributed by atoms with Crippen molar-refractivity contribution >= 4 is 34.5 Å². The maximum Gasteiger partial charge on any atom is 0.279 e. The van der Waals surface area contributed by atoms with Crippen molar-refractivity contribution in [2.75, 3.05) is 0 Å². The average Bonchev–Trinajstić information content (AvgIpc) is 3.09. The number of carbonyl (C=O) groups is 2. The molecule has 0 bridgehead atoms. The van der Waals surface area contributed by atoms with Gasteiger partial charge in [-0.2, -0.15) is 0 Å². The van der Waals surface area contributed by atoms with E-state index in [1.54, 1.807) is 6.07 Å². The van der Waals surface area contributed by atoms with Gasteiger partial charge in [0, 0.05) is 9.75 Å². The van der Waals surface area contributed by atoms with Gasteiger partial charge in [-0.05, 0) is 49.9 Å². The number of carbonyl (C=O) groups excluding carboxylic acids is 2. The Balaban J connectivity index is 1.60. The van der Waals surface area contributed by atoms with E-state index in [0.717, 1.165) is 17.7 Å². The highest BCUT2D eigenvalue weighted by atomic mass is 32.1. The predicted octanol–water partition coefficient (Wildman–Crippen LogP) is 2.68. The zero-order valence-corrected chi connectivity index (χ0v) is 12.6. The fraction of sp³-hybridized carbons (Fsp3) is 0.286. The third kappa shape index (κ3) is 2.62. The molecule has 20 heavy (non-hydrogen) atoms. The second kappa shape index (κ2) is 5.38. The lowest BCUT2D eigenvalue weighted by molar-refractivity contribution is 0.0851. The molecule has 104 valence electrons. The minimum Gasteiger partial charge on any atom is -0.266 e. The molecule has 6 heteroatoms. The summed E-state index contributed by atoms with van der Waals surface area (Å²) in [6.45, 7) is 1.94. The largest absolute Gasteiger partial charge is 0.279 e. The van der Waals surface area contributed by atoms with Crippen molar-refractivity contribution in [3.8, 4) is 0 Å². The second-order valence-corrected chi connectivity index (χ2v) is 7.16. The van der Waals surface area contributed by atoms with Crippen molar-refractivity contribution < 1.29 is 9.59 Å². The second-order valence-electron chi connectivity index (χ2n) is 4.73. The molecule has 1 aliphatic carbocycles. The highest BCUT2D eigenvalue weighted by Crippen LogP contribution is 2.30. The first-order valence-electron chi connectivity index (χ1n) is 6.42. The minimum atomic E-state index is -0.277. The van der Waals surface area contributed by atoms with E-state index < -0.39 is 0 Å². The third-order valence-corrected chi connectivity index (χ3v) is 5.46. The number of hydrogen-bond donors (Lipinski definition) is 2. The number of rotatable bonds is 2. The molecule has 0 radical (unpaired) electrons. The van der Waals surface area contributed by atoms with Crippen LogP contribution in [0.5, 0.6) is 0 Å². The Morgan fingerprint density at radius 3 is 2.45 bits per heavy atom. The van der Waals surface area contributed by atoms with E-state index in [1.807, 2.05) is 19.1 Å². The van der Waals surface area contributed by atoms with Crippen LogP contribution in [0.25, 0.3) is 0 Å². The molecule has 4 nitrogen and oxygen atoms in total. The van der Waals surface area contributed by atoms with E-state index in [9.17, 15) is 9.59 Å². The van der Waals surface area contributed by atoms with Crippen LogP contribution in [0.15, 0.2) is 18.2 Å². The first-order valence-corrected chi connectivity index (χ1v) is 8.05. The summed E-state index contributed by atoms with van der Waals surface area (Å²) >= 11 is 2.92. The molecule has 0 saturated carbocycles. The number of amides is 2. The molecule has 2 N–H and O–H groups in total. The maximum absolute atomic E-state index is 12.0. The Bertz CT molecular complexity index is 651. The van der Waals surface area contributed by atoms with E-state index in [-0.39, 0.29) is 11.8 Å². The van der Waals surface area contributed by atoms with E-state index in [1.165, 1.54) is 39.5 Å². The molecule has 0 spiro atoms. The molecule has 2 aromatic rings. The van der Waals surface area contributed by atoms with Gasteiger partial charge in [0.25, 0.3) is 11.8 Å². The molecule has 2 amide bonds. The molecule has 0 aromatic carbocycles. The van der Waals surface area contributed by atoms with Gasteiger partial charge in [-0.3, -0.25) is 20.4 Å². The first kappa shape index (κ1) is 13.3. The highest BCUT2D eigenvalue weighted by molar-refractivity contribution is 7.14. The molecule has 0 atom stereocenters. The molecular formula is C14H14N2O2S2. The van der Waals surface area contributed by atoms with Crippen molar-refractivity contribution in [3.63, 3.8) is 0 Å². The standard InChI is InChI=1S/C14H14N2O2S2/c1-8-5-6-11(19-8)13(17)15-16-14(18)12-7-9-3-2-4-10(9)20-12/h5-7H,2-4H2,1H3,(H,15,17)(H,16,18). The van der Waals surface area contributed by atoms with Crippen LogP contribution in [-0.4, -0.2) is 11.8 Å². The topological polar surface area (TPSA) is 58.2 Å². The SMILES string of the molecule is Cc1ccc(C(=O)NNC(=O)c2cc3c(s2)CCC3)s1. The lowest BCUT2D eigenvalue weighted by Gasteiger charge is -2.04. The van der Waals surface area contributed by atoms with Crippen molar-refractivity contribution in [1.29, 1.82) is 0 Å². The number of hydrazine groups is 1. The van der Waals surface area contributed by atoms with Gasteiger partial charge in [0.2, 0.25) is 0 Å². The smallest absolute Gasteiger partial charge is 0.266 e. The highest BCUT2D eigenvalue weighted by Gasteiger charge is 2.19. The summed E-state index contributed by atoms with van der Waals surface area (Å²) in [7, 11) is 0. The predicted molar refractivity (Wildman–Crippen MR) is 80.3 cm³/mol. The fourth-order valence-corrected chi connectivity index (χ4v) is 4.15. The molecule has 3 rings (SSSR count). The molecule has 0 fully saturated rings. The maximum atomic E-state index is 12.0. The molecule has 1 aliphatic rings. The lowest BCUT2D eigenvalue weighted by Crippen LogP contribution is -2.41. The van der Waals surface area contributed by atoms with Gasteiger partial charge in [-0.1, -0.05) is 0 Å². The molecule has 2 aromatic heterocycles. The van der Waals surface area contributed by atoms with Gasteiger partial charge in [0.1, 0.15) is 0 Å². The summed E-state index contributed by atoms with van der Waals surface area (Å²) in [5.41, 5.74) is 6.21. The Labute approximate surface area is 124 Å². The van der Waals surface area contributed by atoms with Crippen molar-refractivity contribution in [2.45, 2.75) is 26.2 Å². The van der Waals surface area contributed by atoms with Crippen LogP contribution in [0, 0.1) is 6.92 Å². The Morgan fingerprint density at radius 1 is 1.05 bits per heavy atom. The van der Waals surface area contributed by atoms with Gasteiger partial charge < -0.3 is 0 Å². The van der Waals surface area contributed by atoms with Gasteiger partial charge in [0.05, 0.1) is 9.75 Å². The van der Waals surface area contributed by atoms with E-state index in [4.69, 9.17) is 0 Å². The lowest BCUT2D eigenvalue weighted by atomic mass is 10.2. The summed E-state index contributed by atoms with van der Waals surface area (Å²) in [6, 6.07) is 5.57. The summed E-state index contributed by atoms with van der Waals surface area (Å²) in [5.74, 6) is -0.522. The van der Waals surface area contributed by atoms with Crippen LogP contribution in [-0.2, 0) is 12.8 Å². The molecular weight excluding hydrogens is 292 g/mol. The number of aryl methyl sites for hydroxylation is 3. The monoisotopic (exact) mass is 306 g/mol. The Kier molecular flexibility index (Phi) is 3.58. The number of hydrogen-bond acceptors (Lipinski definition) is 4. The number of fused-ring (bicyclic) bond motifs is 1. The van der Waals surface area contributed by atoms with Crippen molar-refractivity contribution in [1.82, 2.24) is 10.9 Å². The van der Waals surface area contributed by atoms with Gasteiger partial charge in [-0.15, -0.1) is 22.7 Å². The fourth-order valence-electron chi connectivity index (χ4n) is 2.23. The average molecular weight is 306 g/mol. The first-order chi connectivity index (χ1) is 9.63. The molecule has 0 aliphatic heterocycles. The summed E-state index contributed by atoms with van der Waals surface area (Å²) in [4.78, 5) is 27.4. The van der Waals surface area contributed by atoms with Gasteiger partial charge >= 0.3 is 0 Å². The number of thiophene rings is 2.